The third-order valence-corrected chi connectivity index (χ3v) is 4.55. The molecule has 154 valence electrons. The van der Waals surface area contributed by atoms with Crippen LogP contribution in [0.2, 0.25) is 0 Å². The summed E-state index contributed by atoms with van der Waals surface area (Å²) in [6.07, 6.45) is 0. The summed E-state index contributed by atoms with van der Waals surface area (Å²) in [5, 5.41) is 19.1. The number of esters is 1. The number of aromatic nitrogens is 2. The van der Waals surface area contributed by atoms with E-state index in [4.69, 9.17) is 0 Å². The summed E-state index contributed by atoms with van der Waals surface area (Å²) in [7, 11) is 0. The van der Waals surface area contributed by atoms with E-state index in [1.807, 2.05) is 17.5 Å². The van der Waals surface area contributed by atoms with Gasteiger partial charge in [-0.05, 0) is 29.6 Å². The Morgan fingerprint density at radius 2 is 1.83 bits per heavy atom. The molecule has 10 heteroatoms. The number of non-ortho nitro benzene ring substituents is 1. The first-order valence-corrected chi connectivity index (χ1v) is 9.33. The number of ketones is 2. The molecule has 0 spiro atoms. The second-order valence-electron chi connectivity index (χ2n) is 5.87. The van der Waals surface area contributed by atoms with Crippen molar-refractivity contribution in [3.05, 3.63) is 81.6 Å². The lowest BCUT2D eigenvalue weighted by Crippen LogP contribution is -2.08. The molecule has 1 aromatic carbocycles. The summed E-state index contributed by atoms with van der Waals surface area (Å²) in [6, 6.07) is 10.6. The predicted molar refractivity (Wildman–Crippen MR) is 110 cm³/mol. The molecule has 0 aliphatic heterocycles. The van der Waals surface area contributed by atoms with Gasteiger partial charge in [0.25, 0.3) is 5.69 Å². The van der Waals surface area contributed by atoms with E-state index in [0.717, 1.165) is 10.6 Å². The third-order valence-electron chi connectivity index (χ3n) is 3.65. The van der Waals surface area contributed by atoms with Gasteiger partial charge < -0.3 is 4.74 Å². The lowest BCUT2D eigenvalue weighted by Gasteiger charge is -2.03. The molecule has 0 radical (unpaired) electrons. The molecule has 1 N–H and O–H groups in total. The number of nitrogens with one attached hydrogen (secondary N) is 1. The standard InChI is InChI=1S/C11H9NO5.C9H8N2OS/c1-7(13)8(2)17-11(14)9-3-5-10(6-4-9)12(15)16;1-6(12)7-5-8(11-10-7)9-3-2-4-13-9/h3-6H,2H2,1H3;2-5H,1H3,(H,10,11). The topological polar surface area (TPSA) is 132 Å². The lowest BCUT2D eigenvalue weighted by atomic mass is 10.2. The highest BCUT2D eigenvalue weighted by Crippen LogP contribution is 2.22. The number of carbonyl (C=O) groups is 3. The van der Waals surface area contributed by atoms with Gasteiger partial charge in [0.05, 0.1) is 21.1 Å². The molecule has 0 amide bonds. The fourth-order valence-corrected chi connectivity index (χ4v) is 2.71. The minimum atomic E-state index is -0.778. The number of hydrogen-bond donors (Lipinski definition) is 1. The number of nitro benzene ring substituents is 1. The highest BCUT2D eigenvalue weighted by atomic mass is 32.1. The van der Waals surface area contributed by atoms with E-state index >= 15 is 0 Å². The molecule has 2 heterocycles. The van der Waals surface area contributed by atoms with Crippen LogP contribution in [-0.2, 0) is 9.53 Å². The summed E-state index contributed by atoms with van der Waals surface area (Å²) in [5.74, 6) is -1.52. The number of nitro groups is 1. The molecule has 2 aromatic heterocycles. The number of ether oxygens (including phenoxy) is 1. The van der Waals surface area contributed by atoms with Crippen molar-refractivity contribution in [3.63, 3.8) is 0 Å². The normalized spacial score (nSPS) is 9.80. The Bertz CT molecular complexity index is 1080. The van der Waals surface area contributed by atoms with Crippen LogP contribution in [0.5, 0.6) is 0 Å². The quantitative estimate of drug-likeness (QED) is 0.156. The minimum absolute atomic E-state index is 0.0148. The van der Waals surface area contributed by atoms with Gasteiger partial charge in [-0.2, -0.15) is 5.10 Å². The maximum absolute atomic E-state index is 11.4. The Labute approximate surface area is 175 Å². The first-order valence-electron chi connectivity index (χ1n) is 8.45. The Hall–Kier alpha value is -3.92. The number of carbonyl (C=O) groups excluding carboxylic acids is 3. The molecule has 30 heavy (non-hydrogen) atoms. The van der Waals surface area contributed by atoms with Crippen molar-refractivity contribution in [2.45, 2.75) is 13.8 Å². The van der Waals surface area contributed by atoms with Gasteiger partial charge in [-0.15, -0.1) is 11.3 Å². The molecule has 3 rings (SSSR count). The molecule has 0 atom stereocenters. The predicted octanol–water partition coefficient (Wildman–Crippen LogP) is 4.20. The Kier molecular flexibility index (Phi) is 7.48. The molecular weight excluding hydrogens is 410 g/mol. The number of allylic oxidation sites excluding steroid dienone is 1. The molecular formula is C20H17N3O6S. The molecule has 3 aromatic rings. The SMILES string of the molecule is C=C(OC(=O)c1ccc([N+](=O)[O-])cc1)C(C)=O.CC(=O)c1cc(-c2cccs2)[nH]n1. The minimum Gasteiger partial charge on any atom is -0.420 e. The second-order valence-corrected chi connectivity index (χ2v) is 6.82. The van der Waals surface area contributed by atoms with Gasteiger partial charge in [-0.3, -0.25) is 24.8 Å². The summed E-state index contributed by atoms with van der Waals surface area (Å²) in [5.41, 5.74) is 1.37. The number of Topliss-reactive ketones (excluding diaryl/α,β-unsaturated/α-hetero) is 2. The monoisotopic (exact) mass is 427 g/mol. The molecule has 0 fully saturated rings. The van der Waals surface area contributed by atoms with Crippen molar-refractivity contribution in [1.82, 2.24) is 10.2 Å². The molecule has 0 aliphatic carbocycles. The number of H-pyrrole nitrogens is 1. The molecule has 0 aliphatic rings. The zero-order valence-corrected chi connectivity index (χ0v) is 16.9. The number of thiophene rings is 1. The first-order chi connectivity index (χ1) is 14.2. The second kappa shape index (κ2) is 10.0. The van der Waals surface area contributed by atoms with E-state index < -0.39 is 16.7 Å². The van der Waals surface area contributed by atoms with Crippen molar-refractivity contribution in [3.8, 4) is 10.6 Å². The lowest BCUT2D eigenvalue weighted by molar-refractivity contribution is -0.384. The maximum atomic E-state index is 11.4. The van der Waals surface area contributed by atoms with Crippen molar-refractivity contribution in [2.75, 3.05) is 0 Å². The number of benzene rings is 1. The zero-order valence-electron chi connectivity index (χ0n) is 16.1. The van der Waals surface area contributed by atoms with Gasteiger partial charge in [-0.25, -0.2) is 4.79 Å². The van der Waals surface area contributed by atoms with Gasteiger partial charge in [0, 0.05) is 26.0 Å². The first kappa shape index (κ1) is 22.4. The molecule has 9 nitrogen and oxygen atoms in total. The smallest absolute Gasteiger partial charge is 0.343 e. The van der Waals surface area contributed by atoms with Crippen molar-refractivity contribution < 1.29 is 24.0 Å². The average Bonchev–Trinajstić information content (AvgIpc) is 3.40. The van der Waals surface area contributed by atoms with E-state index in [2.05, 4.69) is 21.5 Å². The number of nitrogens with zero attached hydrogens (tertiary/aromatic N) is 2. The summed E-state index contributed by atoms with van der Waals surface area (Å²) >= 11 is 1.62. The van der Waals surface area contributed by atoms with Crippen LogP contribution in [0.4, 0.5) is 5.69 Å². The third kappa shape index (κ3) is 6.04. The number of aromatic amines is 1. The average molecular weight is 427 g/mol. The van der Waals surface area contributed by atoms with Crippen molar-refractivity contribution in [1.29, 1.82) is 0 Å². The van der Waals surface area contributed by atoms with E-state index in [0.29, 0.717) is 5.69 Å². The zero-order chi connectivity index (χ0) is 22.3. The van der Waals surface area contributed by atoms with Gasteiger partial charge in [-0.1, -0.05) is 12.6 Å². The van der Waals surface area contributed by atoms with Crippen LogP contribution in [0.3, 0.4) is 0 Å². The number of hydrogen-bond acceptors (Lipinski definition) is 8. The molecule has 0 unspecified atom stereocenters. The van der Waals surface area contributed by atoms with E-state index in [1.54, 1.807) is 17.4 Å². The Morgan fingerprint density at radius 3 is 2.30 bits per heavy atom. The molecule has 0 bridgehead atoms. The maximum Gasteiger partial charge on any atom is 0.343 e. The van der Waals surface area contributed by atoms with Gasteiger partial charge in [0.1, 0.15) is 5.69 Å². The van der Waals surface area contributed by atoms with E-state index in [9.17, 15) is 24.5 Å². The van der Waals surface area contributed by atoms with Crippen molar-refractivity contribution >= 4 is 34.6 Å². The highest BCUT2D eigenvalue weighted by molar-refractivity contribution is 7.13. The van der Waals surface area contributed by atoms with Crippen LogP contribution in [-0.4, -0.2) is 32.7 Å². The molecule has 0 saturated heterocycles. The summed E-state index contributed by atoms with van der Waals surface area (Å²) < 4.78 is 4.65. The Morgan fingerprint density at radius 1 is 1.17 bits per heavy atom. The molecule has 0 saturated carbocycles. The van der Waals surface area contributed by atoms with Crippen LogP contribution in [0.1, 0.15) is 34.7 Å². The van der Waals surface area contributed by atoms with E-state index in [-0.39, 0.29) is 22.8 Å². The van der Waals surface area contributed by atoms with Gasteiger partial charge in [0.15, 0.2) is 17.3 Å². The van der Waals surface area contributed by atoms with E-state index in [1.165, 1.54) is 38.1 Å². The fourth-order valence-electron chi connectivity index (χ4n) is 2.02. The van der Waals surface area contributed by atoms with Crippen molar-refractivity contribution in [2.24, 2.45) is 0 Å². The van der Waals surface area contributed by atoms with Crippen LogP contribution in [0.25, 0.3) is 10.6 Å². The van der Waals surface area contributed by atoms with Crippen LogP contribution in [0, 0.1) is 10.1 Å². The Balaban J connectivity index is 0.000000220. The van der Waals surface area contributed by atoms with Gasteiger partial charge >= 0.3 is 5.97 Å². The van der Waals surface area contributed by atoms with Crippen LogP contribution < -0.4 is 0 Å². The largest absolute Gasteiger partial charge is 0.420 e. The van der Waals surface area contributed by atoms with Crippen LogP contribution in [0.15, 0.2) is 60.2 Å². The van der Waals surface area contributed by atoms with Gasteiger partial charge in [0.2, 0.25) is 0 Å². The summed E-state index contributed by atoms with van der Waals surface area (Å²) in [4.78, 5) is 44.1. The summed E-state index contributed by atoms with van der Waals surface area (Å²) in [6.45, 7) is 5.99. The fraction of sp³-hybridized carbons (Fsp3) is 0.100. The van der Waals surface area contributed by atoms with Crippen LogP contribution >= 0.6 is 11.3 Å². The number of rotatable bonds is 6. The highest BCUT2D eigenvalue weighted by Gasteiger charge is 2.13.